The molecule has 0 amide bonds. The largest absolute Gasteiger partial charge is 0.370 e. The van der Waals surface area contributed by atoms with Crippen molar-refractivity contribution in [1.29, 1.82) is 0 Å². The molecule has 0 radical (unpaired) electrons. The van der Waals surface area contributed by atoms with Crippen molar-refractivity contribution in [1.82, 2.24) is 9.55 Å². The Hall–Kier alpha value is -0.980. The Labute approximate surface area is 120 Å². The van der Waals surface area contributed by atoms with Gasteiger partial charge in [-0.05, 0) is 38.6 Å². The van der Waals surface area contributed by atoms with E-state index in [4.69, 9.17) is 17.0 Å². The molecule has 0 aliphatic carbocycles. The van der Waals surface area contributed by atoms with Crippen LogP contribution in [0.15, 0.2) is 4.79 Å². The van der Waals surface area contributed by atoms with Gasteiger partial charge in [0.1, 0.15) is 4.83 Å². The summed E-state index contributed by atoms with van der Waals surface area (Å²) >= 11 is 6.82. The van der Waals surface area contributed by atoms with Crippen LogP contribution < -0.4 is 5.56 Å². The Balaban J connectivity index is 2.37. The summed E-state index contributed by atoms with van der Waals surface area (Å²) in [4.78, 5) is 17.8. The number of fused-ring (bicyclic) bond motifs is 3. The SMILES string of the molecule is CCn1c(=S)[nH]c2sc3c(c2c1=O)CC(C)(C)OC3. The first-order valence-electron chi connectivity index (χ1n) is 6.34. The molecule has 0 atom stereocenters. The van der Waals surface area contributed by atoms with Crippen LogP contribution in [0.3, 0.4) is 0 Å². The van der Waals surface area contributed by atoms with Crippen molar-refractivity contribution < 1.29 is 4.74 Å². The van der Waals surface area contributed by atoms with E-state index in [0.29, 0.717) is 17.9 Å². The number of thiophene rings is 1. The van der Waals surface area contributed by atoms with Gasteiger partial charge in [0.05, 0.1) is 17.6 Å². The summed E-state index contributed by atoms with van der Waals surface area (Å²) in [5.74, 6) is 0. The predicted octanol–water partition coefficient (Wildman–Crippen LogP) is 2.99. The lowest BCUT2D eigenvalue weighted by Crippen LogP contribution is -2.32. The molecule has 4 nitrogen and oxygen atoms in total. The number of nitrogens with one attached hydrogen (secondary N) is 1. The summed E-state index contributed by atoms with van der Waals surface area (Å²) < 4.78 is 7.93. The highest BCUT2D eigenvalue weighted by Crippen LogP contribution is 2.36. The number of aromatic amines is 1. The fraction of sp³-hybridized carbons (Fsp3) is 0.538. The smallest absolute Gasteiger partial charge is 0.263 e. The highest BCUT2D eigenvalue weighted by atomic mass is 32.1. The predicted molar refractivity (Wildman–Crippen MR) is 79.5 cm³/mol. The van der Waals surface area contributed by atoms with Gasteiger partial charge >= 0.3 is 0 Å². The molecule has 0 spiro atoms. The molecule has 0 saturated carbocycles. The lowest BCUT2D eigenvalue weighted by Gasteiger charge is -2.29. The van der Waals surface area contributed by atoms with Crippen LogP contribution in [0, 0.1) is 4.77 Å². The standard InChI is InChI=1S/C13H16N2O2S2/c1-4-15-11(16)9-7-5-13(2,3)17-6-8(7)19-10(9)14-12(15)18/h4-6H2,1-3H3,(H,14,18). The maximum Gasteiger partial charge on any atom is 0.263 e. The van der Waals surface area contributed by atoms with Gasteiger partial charge < -0.3 is 9.72 Å². The molecule has 19 heavy (non-hydrogen) atoms. The third-order valence-corrected chi connectivity index (χ3v) is 4.97. The zero-order valence-electron chi connectivity index (χ0n) is 11.2. The van der Waals surface area contributed by atoms with Crippen molar-refractivity contribution in [3.8, 4) is 0 Å². The minimum atomic E-state index is -0.211. The Bertz CT molecular complexity index is 767. The molecule has 1 N–H and O–H groups in total. The maximum atomic E-state index is 12.6. The van der Waals surface area contributed by atoms with Crippen molar-refractivity contribution in [2.24, 2.45) is 0 Å². The molecule has 3 rings (SSSR count). The summed E-state index contributed by atoms with van der Waals surface area (Å²) in [6.07, 6.45) is 0.770. The molecule has 6 heteroatoms. The van der Waals surface area contributed by atoms with Crippen LogP contribution in [0.1, 0.15) is 31.2 Å². The second kappa shape index (κ2) is 4.26. The lowest BCUT2D eigenvalue weighted by atomic mass is 9.94. The Kier molecular flexibility index (Phi) is 2.92. The number of rotatable bonds is 1. The molecule has 2 aromatic rings. The Morgan fingerprint density at radius 3 is 2.95 bits per heavy atom. The zero-order chi connectivity index (χ0) is 13.8. The van der Waals surface area contributed by atoms with E-state index in [2.05, 4.69) is 18.8 Å². The summed E-state index contributed by atoms with van der Waals surface area (Å²) in [7, 11) is 0. The lowest BCUT2D eigenvalue weighted by molar-refractivity contribution is -0.0379. The van der Waals surface area contributed by atoms with Gasteiger partial charge in [0.2, 0.25) is 0 Å². The molecule has 1 aliphatic rings. The molecule has 3 heterocycles. The van der Waals surface area contributed by atoms with Gasteiger partial charge in [-0.3, -0.25) is 9.36 Å². The minimum absolute atomic E-state index is 0.0245. The average Bonchev–Trinajstić information content (AvgIpc) is 2.65. The first-order chi connectivity index (χ1) is 8.93. The van der Waals surface area contributed by atoms with Crippen LogP contribution in [0.5, 0.6) is 0 Å². The van der Waals surface area contributed by atoms with Crippen LogP contribution in [-0.2, 0) is 24.3 Å². The number of hydrogen-bond donors (Lipinski definition) is 1. The normalized spacial score (nSPS) is 17.6. The third-order valence-electron chi connectivity index (χ3n) is 3.53. The summed E-state index contributed by atoms with van der Waals surface area (Å²) in [6, 6.07) is 0. The van der Waals surface area contributed by atoms with E-state index >= 15 is 0 Å². The van der Waals surface area contributed by atoms with Gasteiger partial charge in [0, 0.05) is 17.8 Å². The van der Waals surface area contributed by atoms with Crippen molar-refractivity contribution in [2.45, 2.75) is 45.9 Å². The number of hydrogen-bond acceptors (Lipinski definition) is 4. The monoisotopic (exact) mass is 296 g/mol. The highest BCUT2D eigenvalue weighted by Gasteiger charge is 2.30. The van der Waals surface area contributed by atoms with Crippen molar-refractivity contribution >= 4 is 33.8 Å². The fourth-order valence-corrected chi connectivity index (χ4v) is 4.05. The van der Waals surface area contributed by atoms with Crippen LogP contribution in [0.25, 0.3) is 10.2 Å². The highest BCUT2D eigenvalue weighted by molar-refractivity contribution is 7.71. The second-order valence-electron chi connectivity index (χ2n) is 5.41. The molecular weight excluding hydrogens is 280 g/mol. The van der Waals surface area contributed by atoms with Gasteiger partial charge in [-0.15, -0.1) is 11.3 Å². The molecular formula is C13H16N2O2S2. The van der Waals surface area contributed by atoms with E-state index in [1.807, 2.05) is 6.92 Å². The first kappa shape index (κ1) is 13.0. The minimum Gasteiger partial charge on any atom is -0.370 e. The van der Waals surface area contributed by atoms with Crippen molar-refractivity contribution in [3.63, 3.8) is 0 Å². The summed E-state index contributed by atoms with van der Waals surface area (Å²) in [5, 5.41) is 0.798. The van der Waals surface area contributed by atoms with Gasteiger partial charge in [-0.2, -0.15) is 0 Å². The van der Waals surface area contributed by atoms with E-state index in [1.165, 1.54) is 0 Å². The second-order valence-corrected chi connectivity index (χ2v) is 6.90. The Morgan fingerprint density at radius 1 is 1.53 bits per heavy atom. The summed E-state index contributed by atoms with van der Waals surface area (Å²) in [6.45, 7) is 7.22. The molecule has 1 aliphatic heterocycles. The molecule has 0 bridgehead atoms. The summed E-state index contributed by atoms with van der Waals surface area (Å²) in [5.41, 5.74) is 0.947. The molecule has 0 saturated heterocycles. The molecule has 0 unspecified atom stereocenters. The van der Waals surface area contributed by atoms with Crippen LogP contribution >= 0.6 is 23.6 Å². The van der Waals surface area contributed by atoms with E-state index in [1.54, 1.807) is 15.9 Å². The molecule has 102 valence electrons. The van der Waals surface area contributed by atoms with Gasteiger partial charge in [0.25, 0.3) is 5.56 Å². The number of ether oxygens (including phenoxy) is 1. The quantitative estimate of drug-likeness (QED) is 0.823. The van der Waals surface area contributed by atoms with Gasteiger partial charge in [-0.25, -0.2) is 0 Å². The molecule has 0 fully saturated rings. The van der Waals surface area contributed by atoms with E-state index in [9.17, 15) is 4.79 Å². The number of H-pyrrole nitrogens is 1. The van der Waals surface area contributed by atoms with E-state index < -0.39 is 0 Å². The van der Waals surface area contributed by atoms with Gasteiger partial charge in [0.15, 0.2) is 4.77 Å². The Morgan fingerprint density at radius 2 is 2.26 bits per heavy atom. The van der Waals surface area contributed by atoms with Crippen LogP contribution in [0.4, 0.5) is 0 Å². The topological polar surface area (TPSA) is 47.0 Å². The number of nitrogens with zero attached hydrogens (tertiary/aromatic N) is 1. The van der Waals surface area contributed by atoms with Crippen molar-refractivity contribution in [2.75, 3.05) is 0 Å². The maximum absolute atomic E-state index is 12.6. The van der Waals surface area contributed by atoms with E-state index in [-0.39, 0.29) is 11.2 Å². The number of aromatic nitrogens is 2. The zero-order valence-corrected chi connectivity index (χ0v) is 12.8. The molecule has 0 aromatic carbocycles. The van der Waals surface area contributed by atoms with Crippen LogP contribution in [0.2, 0.25) is 0 Å². The van der Waals surface area contributed by atoms with E-state index in [0.717, 1.165) is 27.1 Å². The van der Waals surface area contributed by atoms with Crippen LogP contribution in [-0.4, -0.2) is 15.2 Å². The molecule has 2 aromatic heterocycles. The van der Waals surface area contributed by atoms with Crippen molar-refractivity contribution in [3.05, 3.63) is 25.6 Å². The first-order valence-corrected chi connectivity index (χ1v) is 7.57. The fourth-order valence-electron chi connectivity index (χ4n) is 2.55. The van der Waals surface area contributed by atoms with Gasteiger partial charge in [-0.1, -0.05) is 0 Å². The third kappa shape index (κ3) is 1.98. The average molecular weight is 296 g/mol.